The predicted molar refractivity (Wildman–Crippen MR) is 134 cm³/mol. The van der Waals surface area contributed by atoms with Crippen molar-refractivity contribution in [1.29, 1.82) is 0 Å². The van der Waals surface area contributed by atoms with E-state index in [1.54, 1.807) is 37.6 Å². The van der Waals surface area contributed by atoms with Crippen molar-refractivity contribution in [2.45, 2.75) is 26.0 Å². The number of ether oxygens (including phenoxy) is 1. The second-order valence-corrected chi connectivity index (χ2v) is 7.98. The van der Waals surface area contributed by atoms with E-state index >= 15 is 0 Å². The molecule has 2 heterocycles. The van der Waals surface area contributed by atoms with Crippen LogP contribution in [-0.2, 0) is 17.7 Å². The van der Waals surface area contributed by atoms with Crippen LogP contribution in [0.5, 0.6) is 0 Å². The molecule has 0 fully saturated rings. The molecule has 0 radical (unpaired) electrons. The van der Waals surface area contributed by atoms with Gasteiger partial charge >= 0.3 is 0 Å². The van der Waals surface area contributed by atoms with Gasteiger partial charge in [-0.1, -0.05) is 16.8 Å². The number of aliphatic imine (C=N–C) groups is 1. The molecule has 0 spiro atoms. The lowest BCUT2D eigenvalue weighted by atomic mass is 10.2. The molecule has 0 saturated heterocycles. The number of nitrogens with one attached hydrogen (secondary N) is 1. The quantitative estimate of drug-likeness (QED) is 0.241. The zero-order chi connectivity index (χ0) is 21.5. The Kier molecular flexibility index (Phi) is 10.1. The molecule has 31 heavy (non-hydrogen) atoms. The topological polar surface area (TPSA) is 88.7 Å². The average Bonchev–Trinajstić information content (AvgIpc) is 3.41. The van der Waals surface area contributed by atoms with Gasteiger partial charge in [0.1, 0.15) is 11.1 Å². The van der Waals surface area contributed by atoms with Crippen LogP contribution in [0.2, 0.25) is 5.02 Å². The first-order chi connectivity index (χ1) is 14.5. The monoisotopic (exact) mass is 576 g/mol. The summed E-state index contributed by atoms with van der Waals surface area (Å²) in [6.07, 6.45) is 0.582. The van der Waals surface area contributed by atoms with Crippen molar-refractivity contribution < 1.29 is 9.26 Å². The fraction of sp³-hybridized carbons (Fsp3) is 0.400. The molecule has 0 saturated carbocycles. The van der Waals surface area contributed by atoms with Crippen molar-refractivity contribution in [2.75, 3.05) is 27.7 Å². The average molecular weight is 577 g/mol. The maximum atomic E-state index is 5.92. The number of thiazole rings is 1. The minimum absolute atomic E-state index is 0. The lowest BCUT2D eigenvalue weighted by Gasteiger charge is -2.20. The molecule has 3 aromatic rings. The molecule has 11 heteroatoms. The highest BCUT2D eigenvalue weighted by Gasteiger charge is 2.13. The normalized spacial score (nSPS) is 12.4. The summed E-state index contributed by atoms with van der Waals surface area (Å²) in [5, 5.41) is 11.0. The Labute approximate surface area is 208 Å². The van der Waals surface area contributed by atoms with Crippen LogP contribution < -0.4 is 5.32 Å². The van der Waals surface area contributed by atoms with E-state index in [2.05, 4.69) is 25.4 Å². The first-order valence-electron chi connectivity index (χ1n) is 9.47. The van der Waals surface area contributed by atoms with Gasteiger partial charge in [0.2, 0.25) is 11.7 Å². The van der Waals surface area contributed by atoms with Crippen molar-refractivity contribution in [1.82, 2.24) is 25.3 Å². The van der Waals surface area contributed by atoms with Crippen molar-refractivity contribution in [3.8, 4) is 11.4 Å². The first-order valence-corrected chi connectivity index (χ1v) is 10.7. The van der Waals surface area contributed by atoms with E-state index < -0.39 is 0 Å². The molecular weight excluding hydrogens is 551 g/mol. The molecule has 0 aliphatic carbocycles. The van der Waals surface area contributed by atoms with Gasteiger partial charge in [-0.2, -0.15) is 4.98 Å². The van der Waals surface area contributed by atoms with Crippen LogP contribution in [0.3, 0.4) is 0 Å². The molecule has 0 aliphatic heterocycles. The van der Waals surface area contributed by atoms with Crippen LogP contribution in [0.4, 0.5) is 0 Å². The summed E-state index contributed by atoms with van der Waals surface area (Å²) in [7, 11) is 5.41. The summed E-state index contributed by atoms with van der Waals surface area (Å²) in [6, 6.07) is 7.33. The van der Waals surface area contributed by atoms with Crippen LogP contribution in [0.25, 0.3) is 11.4 Å². The molecule has 0 amide bonds. The number of nitrogens with zero attached hydrogens (tertiary/aromatic N) is 5. The van der Waals surface area contributed by atoms with E-state index in [1.807, 2.05) is 36.4 Å². The number of guanidine groups is 1. The van der Waals surface area contributed by atoms with Crippen LogP contribution in [0.15, 0.2) is 39.2 Å². The smallest absolute Gasteiger partial charge is 0.228 e. The standard InChI is InChI=1S/C20H25ClN6O2S.HI/c1-13(28-4)19-24-16(12-30-19)11-27(3)20(22-2)23-10-9-17-25-18(26-29-17)14-5-7-15(21)8-6-14;/h5-8,12-13H,9-11H2,1-4H3,(H,22,23);1H. The largest absolute Gasteiger partial charge is 0.375 e. The number of methoxy groups -OCH3 is 1. The van der Waals surface area contributed by atoms with E-state index in [-0.39, 0.29) is 30.1 Å². The molecule has 1 atom stereocenters. The highest BCUT2D eigenvalue weighted by molar-refractivity contribution is 14.0. The second-order valence-electron chi connectivity index (χ2n) is 6.65. The summed E-state index contributed by atoms with van der Waals surface area (Å²) in [5.41, 5.74) is 1.84. The Balaban J connectivity index is 0.00000341. The maximum Gasteiger partial charge on any atom is 0.228 e. The summed E-state index contributed by atoms with van der Waals surface area (Å²) in [4.78, 5) is 15.4. The van der Waals surface area contributed by atoms with Gasteiger partial charge in [0.25, 0.3) is 0 Å². The van der Waals surface area contributed by atoms with Gasteiger partial charge in [-0.3, -0.25) is 4.99 Å². The van der Waals surface area contributed by atoms with E-state index in [9.17, 15) is 0 Å². The number of hydrogen-bond donors (Lipinski definition) is 1. The first kappa shape index (κ1) is 25.5. The molecule has 1 aromatic carbocycles. The zero-order valence-corrected chi connectivity index (χ0v) is 21.7. The maximum absolute atomic E-state index is 5.92. The van der Waals surface area contributed by atoms with Crippen molar-refractivity contribution >= 4 is 52.9 Å². The Morgan fingerprint density at radius 2 is 2.06 bits per heavy atom. The molecule has 168 valence electrons. The van der Waals surface area contributed by atoms with Gasteiger partial charge in [0.05, 0.1) is 12.2 Å². The van der Waals surface area contributed by atoms with E-state index in [1.165, 1.54) is 0 Å². The van der Waals surface area contributed by atoms with Gasteiger partial charge < -0.3 is 19.5 Å². The number of rotatable bonds is 8. The van der Waals surface area contributed by atoms with E-state index in [0.717, 1.165) is 22.2 Å². The highest BCUT2D eigenvalue weighted by atomic mass is 127. The summed E-state index contributed by atoms with van der Waals surface area (Å²) < 4.78 is 10.7. The molecule has 8 nitrogen and oxygen atoms in total. The van der Waals surface area contributed by atoms with Gasteiger partial charge in [0, 0.05) is 50.1 Å². The molecule has 1 unspecified atom stereocenters. The van der Waals surface area contributed by atoms with Crippen LogP contribution in [0.1, 0.15) is 29.6 Å². The van der Waals surface area contributed by atoms with Crippen molar-refractivity contribution in [3.63, 3.8) is 0 Å². The summed E-state index contributed by atoms with van der Waals surface area (Å²) in [6.45, 7) is 3.25. The minimum Gasteiger partial charge on any atom is -0.375 e. The number of benzene rings is 1. The molecule has 2 aromatic heterocycles. The van der Waals surface area contributed by atoms with Gasteiger partial charge in [0.15, 0.2) is 5.96 Å². The Hall–Kier alpha value is -1.76. The molecular formula is C20H26ClIN6O2S. The number of hydrogen-bond acceptors (Lipinski definition) is 7. The highest BCUT2D eigenvalue weighted by Crippen LogP contribution is 2.21. The Morgan fingerprint density at radius 1 is 1.32 bits per heavy atom. The number of halogens is 2. The fourth-order valence-electron chi connectivity index (χ4n) is 2.74. The van der Waals surface area contributed by atoms with E-state index in [4.69, 9.17) is 20.9 Å². The Morgan fingerprint density at radius 3 is 2.74 bits per heavy atom. The van der Waals surface area contributed by atoms with E-state index in [0.29, 0.717) is 36.2 Å². The number of aromatic nitrogens is 3. The van der Waals surface area contributed by atoms with Crippen molar-refractivity contribution in [2.24, 2.45) is 4.99 Å². The van der Waals surface area contributed by atoms with Crippen LogP contribution in [-0.4, -0.2) is 53.7 Å². The lowest BCUT2D eigenvalue weighted by molar-refractivity contribution is 0.119. The minimum atomic E-state index is -0.00124. The second kappa shape index (κ2) is 12.3. The molecule has 3 rings (SSSR count). The van der Waals surface area contributed by atoms with Gasteiger partial charge in [-0.05, 0) is 31.2 Å². The van der Waals surface area contributed by atoms with Crippen molar-refractivity contribution in [3.05, 3.63) is 51.3 Å². The van der Waals surface area contributed by atoms with Gasteiger partial charge in [-0.15, -0.1) is 35.3 Å². The lowest BCUT2D eigenvalue weighted by Crippen LogP contribution is -2.39. The van der Waals surface area contributed by atoms with Gasteiger partial charge in [-0.25, -0.2) is 4.98 Å². The summed E-state index contributed by atoms with van der Waals surface area (Å²) in [5.74, 6) is 1.87. The molecule has 0 aliphatic rings. The SMILES string of the molecule is CN=C(NCCc1nc(-c2ccc(Cl)cc2)no1)N(C)Cc1csc(C(C)OC)n1.I. The third-order valence-corrected chi connectivity index (χ3v) is 5.74. The third kappa shape index (κ3) is 7.13. The predicted octanol–water partition coefficient (Wildman–Crippen LogP) is 4.42. The third-order valence-electron chi connectivity index (χ3n) is 4.44. The molecule has 1 N–H and O–H groups in total. The molecule has 0 bridgehead atoms. The summed E-state index contributed by atoms with van der Waals surface area (Å²) >= 11 is 7.52. The zero-order valence-electron chi connectivity index (χ0n) is 17.8. The fourth-order valence-corrected chi connectivity index (χ4v) is 3.71. The Bertz CT molecular complexity index is 978. The van der Waals surface area contributed by atoms with Crippen LogP contribution >= 0.6 is 46.9 Å². The van der Waals surface area contributed by atoms with Crippen LogP contribution in [0, 0.1) is 0 Å².